The number of carbonyl (C=O) groups excluding carboxylic acids is 3. The molecule has 0 aliphatic heterocycles. The summed E-state index contributed by atoms with van der Waals surface area (Å²) in [6.45, 7) is 0. The summed E-state index contributed by atoms with van der Waals surface area (Å²) in [5.74, 6) is -1.78. The van der Waals surface area contributed by atoms with Gasteiger partial charge in [-0.1, -0.05) is 18.2 Å². The van der Waals surface area contributed by atoms with Crippen molar-refractivity contribution in [2.45, 2.75) is 0 Å². The average Bonchev–Trinajstić information content (AvgIpc) is 2.59. The maximum atomic E-state index is 12.5. The summed E-state index contributed by atoms with van der Waals surface area (Å²) < 4.78 is 9.28. The molecule has 0 bridgehead atoms. The van der Waals surface area contributed by atoms with E-state index in [9.17, 15) is 14.4 Å². The SMILES string of the molecule is COC(=O)c1ccc(C(=O)c2ccccc2N)cc1C(=O)OC. The van der Waals surface area contributed by atoms with Crippen LogP contribution >= 0.6 is 0 Å². The van der Waals surface area contributed by atoms with E-state index in [4.69, 9.17) is 5.73 Å². The normalized spacial score (nSPS) is 10.0. The van der Waals surface area contributed by atoms with Crippen LogP contribution < -0.4 is 5.73 Å². The maximum absolute atomic E-state index is 12.5. The van der Waals surface area contributed by atoms with Crippen molar-refractivity contribution < 1.29 is 23.9 Å². The second-order valence-corrected chi connectivity index (χ2v) is 4.66. The van der Waals surface area contributed by atoms with Crippen molar-refractivity contribution in [3.8, 4) is 0 Å². The average molecular weight is 313 g/mol. The minimum Gasteiger partial charge on any atom is -0.465 e. The summed E-state index contributed by atoms with van der Waals surface area (Å²) in [4.78, 5) is 36.1. The van der Waals surface area contributed by atoms with E-state index in [0.717, 1.165) is 0 Å². The number of esters is 2. The summed E-state index contributed by atoms with van der Waals surface area (Å²) in [7, 11) is 2.39. The maximum Gasteiger partial charge on any atom is 0.338 e. The third kappa shape index (κ3) is 3.21. The van der Waals surface area contributed by atoms with Gasteiger partial charge in [0.25, 0.3) is 0 Å². The van der Waals surface area contributed by atoms with E-state index in [1.54, 1.807) is 24.3 Å². The minimum atomic E-state index is -0.735. The van der Waals surface area contributed by atoms with Crippen LogP contribution in [0, 0.1) is 0 Å². The van der Waals surface area contributed by atoms with E-state index in [0.29, 0.717) is 11.3 Å². The van der Waals surface area contributed by atoms with Crippen LogP contribution in [0.3, 0.4) is 0 Å². The first kappa shape index (κ1) is 16.2. The molecule has 0 saturated carbocycles. The van der Waals surface area contributed by atoms with Gasteiger partial charge in [0.1, 0.15) is 0 Å². The van der Waals surface area contributed by atoms with Gasteiger partial charge in [0, 0.05) is 16.8 Å². The Kier molecular flexibility index (Phi) is 4.75. The number of ether oxygens (including phenoxy) is 2. The highest BCUT2D eigenvalue weighted by Gasteiger charge is 2.21. The van der Waals surface area contributed by atoms with Gasteiger partial charge in [0.05, 0.1) is 25.3 Å². The van der Waals surface area contributed by atoms with Gasteiger partial charge in [-0.15, -0.1) is 0 Å². The first-order chi connectivity index (χ1) is 11.0. The molecule has 2 aromatic rings. The Morgan fingerprint density at radius 2 is 1.43 bits per heavy atom. The van der Waals surface area contributed by atoms with Crippen molar-refractivity contribution in [3.05, 3.63) is 64.7 Å². The van der Waals surface area contributed by atoms with Crippen molar-refractivity contribution in [1.29, 1.82) is 0 Å². The topological polar surface area (TPSA) is 95.7 Å². The van der Waals surface area contributed by atoms with E-state index in [1.165, 1.54) is 32.4 Å². The van der Waals surface area contributed by atoms with E-state index in [1.807, 2.05) is 0 Å². The standard InChI is InChI=1S/C17H15NO5/c1-22-16(20)11-8-7-10(9-13(11)17(21)23-2)15(19)12-5-3-4-6-14(12)18/h3-9H,18H2,1-2H3. The second-order valence-electron chi connectivity index (χ2n) is 4.66. The Labute approximate surface area is 132 Å². The number of hydrogen-bond acceptors (Lipinski definition) is 6. The molecule has 0 saturated heterocycles. The van der Waals surface area contributed by atoms with Crippen LogP contribution in [0.1, 0.15) is 36.6 Å². The number of carbonyl (C=O) groups is 3. The lowest BCUT2D eigenvalue weighted by Crippen LogP contribution is -2.14. The highest BCUT2D eigenvalue weighted by Crippen LogP contribution is 2.20. The molecule has 118 valence electrons. The van der Waals surface area contributed by atoms with E-state index < -0.39 is 11.9 Å². The summed E-state index contributed by atoms with van der Waals surface area (Å²) in [6.07, 6.45) is 0. The Hall–Kier alpha value is -3.15. The zero-order valence-electron chi connectivity index (χ0n) is 12.7. The molecular formula is C17H15NO5. The van der Waals surface area contributed by atoms with E-state index in [2.05, 4.69) is 9.47 Å². The minimum absolute atomic E-state index is 0.0249. The fraction of sp³-hybridized carbons (Fsp3) is 0.118. The molecule has 6 heteroatoms. The van der Waals surface area contributed by atoms with Crippen LogP contribution in [0.15, 0.2) is 42.5 Å². The molecule has 23 heavy (non-hydrogen) atoms. The Balaban J connectivity index is 2.53. The fourth-order valence-corrected chi connectivity index (χ4v) is 2.11. The molecular weight excluding hydrogens is 298 g/mol. The van der Waals surface area contributed by atoms with Gasteiger partial charge in [0.15, 0.2) is 5.78 Å². The molecule has 0 aliphatic carbocycles. The van der Waals surface area contributed by atoms with Crippen molar-refractivity contribution in [1.82, 2.24) is 0 Å². The molecule has 2 rings (SSSR count). The zero-order valence-corrected chi connectivity index (χ0v) is 12.7. The van der Waals surface area contributed by atoms with Crippen molar-refractivity contribution in [2.24, 2.45) is 0 Å². The third-order valence-electron chi connectivity index (χ3n) is 3.30. The first-order valence-electron chi connectivity index (χ1n) is 6.69. The van der Waals surface area contributed by atoms with Crippen LogP contribution in [-0.2, 0) is 9.47 Å². The molecule has 6 nitrogen and oxygen atoms in total. The lowest BCUT2D eigenvalue weighted by Gasteiger charge is -2.09. The summed E-state index contributed by atoms with van der Waals surface area (Å²) >= 11 is 0. The van der Waals surface area contributed by atoms with Gasteiger partial charge in [0.2, 0.25) is 0 Å². The van der Waals surface area contributed by atoms with Gasteiger partial charge in [-0.05, 0) is 24.3 Å². The quantitative estimate of drug-likeness (QED) is 0.527. The second kappa shape index (κ2) is 6.74. The third-order valence-corrected chi connectivity index (χ3v) is 3.30. The fourth-order valence-electron chi connectivity index (χ4n) is 2.11. The zero-order chi connectivity index (χ0) is 17.0. The van der Waals surface area contributed by atoms with Crippen LogP contribution in [0.4, 0.5) is 5.69 Å². The van der Waals surface area contributed by atoms with Gasteiger partial charge in [-0.25, -0.2) is 9.59 Å². The number of hydrogen-bond donors (Lipinski definition) is 1. The highest BCUT2D eigenvalue weighted by atomic mass is 16.5. The monoisotopic (exact) mass is 313 g/mol. The largest absolute Gasteiger partial charge is 0.465 e. The summed E-state index contributed by atoms with van der Waals surface area (Å²) in [5, 5.41) is 0. The van der Waals surface area contributed by atoms with Crippen LogP contribution in [0.2, 0.25) is 0 Å². The van der Waals surface area contributed by atoms with Crippen LogP contribution in [0.25, 0.3) is 0 Å². The Morgan fingerprint density at radius 3 is 2.04 bits per heavy atom. The lowest BCUT2D eigenvalue weighted by atomic mass is 9.97. The number of rotatable bonds is 4. The molecule has 0 aliphatic rings. The number of benzene rings is 2. The first-order valence-corrected chi connectivity index (χ1v) is 6.69. The van der Waals surface area contributed by atoms with Gasteiger partial charge in [-0.3, -0.25) is 4.79 Å². The molecule has 0 amide bonds. The number of nitrogen functional groups attached to an aromatic ring is 1. The molecule has 0 aromatic heterocycles. The molecule has 0 heterocycles. The summed E-state index contributed by atoms with van der Waals surface area (Å²) in [6, 6.07) is 10.7. The Morgan fingerprint density at radius 1 is 0.826 bits per heavy atom. The number of anilines is 1. The molecule has 0 radical (unpaired) electrons. The molecule has 2 aromatic carbocycles. The van der Waals surface area contributed by atoms with Gasteiger partial charge >= 0.3 is 11.9 Å². The highest BCUT2D eigenvalue weighted by molar-refractivity contribution is 6.14. The van der Waals surface area contributed by atoms with Gasteiger partial charge < -0.3 is 15.2 Å². The lowest BCUT2D eigenvalue weighted by molar-refractivity contribution is 0.0555. The van der Waals surface area contributed by atoms with Crippen LogP contribution in [-0.4, -0.2) is 31.9 Å². The van der Waals surface area contributed by atoms with Crippen LogP contribution in [0.5, 0.6) is 0 Å². The molecule has 0 fully saturated rings. The molecule has 0 spiro atoms. The number of methoxy groups -OCH3 is 2. The predicted octanol–water partition coefficient (Wildman–Crippen LogP) is 2.07. The Bertz CT molecular complexity index is 782. The smallest absolute Gasteiger partial charge is 0.338 e. The predicted molar refractivity (Wildman–Crippen MR) is 83.4 cm³/mol. The molecule has 0 unspecified atom stereocenters. The van der Waals surface area contributed by atoms with Crippen molar-refractivity contribution >= 4 is 23.4 Å². The molecule has 0 atom stereocenters. The van der Waals surface area contributed by atoms with Crippen molar-refractivity contribution in [3.63, 3.8) is 0 Å². The van der Waals surface area contributed by atoms with E-state index in [-0.39, 0.29) is 22.5 Å². The summed E-state index contributed by atoms with van der Waals surface area (Å²) in [5.41, 5.74) is 6.64. The number of para-hydroxylation sites is 1. The van der Waals surface area contributed by atoms with E-state index >= 15 is 0 Å². The van der Waals surface area contributed by atoms with Crippen molar-refractivity contribution in [2.75, 3.05) is 20.0 Å². The number of nitrogens with two attached hydrogens (primary N) is 1. The molecule has 2 N–H and O–H groups in total. The van der Waals surface area contributed by atoms with Gasteiger partial charge in [-0.2, -0.15) is 0 Å². The number of ketones is 1.